The smallest absolute Gasteiger partial charge is 0.194 e. The number of methoxy groups -OCH3 is 1. The summed E-state index contributed by atoms with van der Waals surface area (Å²) in [5.74, 6) is 1.57. The van der Waals surface area contributed by atoms with Gasteiger partial charge in [-0.2, -0.15) is 0 Å². The van der Waals surface area contributed by atoms with Crippen molar-refractivity contribution in [3.63, 3.8) is 0 Å². The number of aromatic hydroxyl groups is 1. The predicted octanol–water partition coefficient (Wildman–Crippen LogP) is 2.60. The van der Waals surface area contributed by atoms with E-state index in [0.29, 0.717) is 17.7 Å². The Labute approximate surface area is 133 Å². The molecule has 0 atom stereocenters. The number of benzene rings is 1. The molecule has 1 aliphatic heterocycles. The highest BCUT2D eigenvalue weighted by Gasteiger charge is 2.30. The number of rotatable bonds is 4. The fourth-order valence-electron chi connectivity index (χ4n) is 2.74. The topological polar surface area (TPSA) is 57.1 Å². The average Bonchev–Trinajstić information content (AvgIpc) is 2.85. The van der Waals surface area contributed by atoms with Gasteiger partial charge in [0.15, 0.2) is 17.5 Å². The normalized spacial score (nSPS) is 17.6. The number of ether oxygens (including phenoxy) is 1. The van der Waals surface area contributed by atoms with Gasteiger partial charge in [0.25, 0.3) is 0 Å². The van der Waals surface area contributed by atoms with Gasteiger partial charge in [0.2, 0.25) is 0 Å². The van der Waals surface area contributed by atoms with Crippen LogP contribution in [-0.4, -0.2) is 42.7 Å². The molecule has 1 saturated heterocycles. The van der Waals surface area contributed by atoms with Gasteiger partial charge < -0.3 is 20.1 Å². The van der Waals surface area contributed by atoms with Crippen LogP contribution in [0.1, 0.15) is 32.8 Å². The van der Waals surface area contributed by atoms with Crippen molar-refractivity contribution in [3.05, 3.63) is 23.8 Å². The number of nitrogens with zero attached hydrogens (tertiary/aromatic N) is 2. The molecule has 1 aliphatic rings. The Balaban J connectivity index is 2.14. The van der Waals surface area contributed by atoms with Crippen molar-refractivity contribution < 1.29 is 9.84 Å². The minimum absolute atomic E-state index is 0.173. The van der Waals surface area contributed by atoms with Crippen LogP contribution in [0, 0.1) is 5.41 Å². The average molecular weight is 305 g/mol. The Morgan fingerprint density at radius 1 is 1.45 bits per heavy atom. The van der Waals surface area contributed by atoms with Crippen LogP contribution in [0.5, 0.6) is 11.5 Å². The fraction of sp³-hybridized carbons (Fsp3) is 0.588. The van der Waals surface area contributed by atoms with E-state index in [9.17, 15) is 5.11 Å². The van der Waals surface area contributed by atoms with Crippen molar-refractivity contribution in [2.45, 2.75) is 33.7 Å². The molecule has 0 amide bonds. The largest absolute Gasteiger partial charge is 0.504 e. The predicted molar refractivity (Wildman–Crippen MR) is 89.4 cm³/mol. The molecule has 1 heterocycles. The molecule has 5 heteroatoms. The van der Waals surface area contributed by atoms with Crippen LogP contribution in [0.2, 0.25) is 0 Å². The number of hydrogen-bond donors (Lipinski definition) is 2. The molecule has 0 bridgehead atoms. The molecular weight excluding hydrogens is 278 g/mol. The summed E-state index contributed by atoms with van der Waals surface area (Å²) in [5, 5.41) is 13.5. The van der Waals surface area contributed by atoms with Crippen molar-refractivity contribution >= 4 is 5.96 Å². The zero-order chi connectivity index (χ0) is 16.2. The molecular formula is C17H27N3O2. The first-order valence-corrected chi connectivity index (χ1v) is 7.85. The van der Waals surface area contributed by atoms with Crippen LogP contribution >= 0.6 is 0 Å². The first kappa shape index (κ1) is 16.5. The summed E-state index contributed by atoms with van der Waals surface area (Å²) < 4.78 is 5.14. The van der Waals surface area contributed by atoms with Crippen LogP contribution < -0.4 is 10.1 Å². The number of hydrogen-bond acceptors (Lipinski definition) is 3. The highest BCUT2D eigenvalue weighted by Crippen LogP contribution is 2.31. The lowest BCUT2D eigenvalue weighted by Crippen LogP contribution is -2.40. The SMILES string of the molecule is CCNC(=NCc1cccc(OC)c1O)N1CCC(C)(C)C1. The number of para-hydroxylation sites is 1. The second kappa shape index (κ2) is 6.90. The number of nitrogens with one attached hydrogen (secondary N) is 1. The van der Waals surface area contributed by atoms with Crippen LogP contribution in [0.4, 0.5) is 0 Å². The van der Waals surface area contributed by atoms with E-state index >= 15 is 0 Å². The van der Waals surface area contributed by atoms with Gasteiger partial charge in [-0.15, -0.1) is 0 Å². The molecule has 2 rings (SSSR count). The maximum Gasteiger partial charge on any atom is 0.194 e. The molecule has 0 aromatic heterocycles. The summed E-state index contributed by atoms with van der Waals surface area (Å²) in [6.07, 6.45) is 1.17. The third kappa shape index (κ3) is 3.84. The summed E-state index contributed by atoms with van der Waals surface area (Å²) in [6.45, 7) is 9.92. The van der Waals surface area contributed by atoms with Gasteiger partial charge in [0.1, 0.15) is 0 Å². The summed E-state index contributed by atoms with van der Waals surface area (Å²) in [5.41, 5.74) is 1.10. The Morgan fingerprint density at radius 3 is 2.82 bits per heavy atom. The van der Waals surface area contributed by atoms with Crippen LogP contribution in [0.3, 0.4) is 0 Å². The number of guanidine groups is 1. The van der Waals surface area contributed by atoms with E-state index in [-0.39, 0.29) is 5.75 Å². The number of likely N-dealkylation sites (tertiary alicyclic amines) is 1. The third-order valence-corrected chi connectivity index (χ3v) is 4.01. The summed E-state index contributed by atoms with van der Waals surface area (Å²) in [6, 6.07) is 5.49. The lowest BCUT2D eigenvalue weighted by atomic mass is 9.93. The van der Waals surface area contributed by atoms with E-state index in [1.807, 2.05) is 12.1 Å². The van der Waals surface area contributed by atoms with Crippen molar-refractivity contribution in [1.82, 2.24) is 10.2 Å². The lowest BCUT2D eigenvalue weighted by molar-refractivity contribution is 0.368. The zero-order valence-electron chi connectivity index (χ0n) is 14.0. The molecule has 22 heavy (non-hydrogen) atoms. The van der Waals surface area contributed by atoms with Gasteiger partial charge in [-0.1, -0.05) is 26.0 Å². The standard InChI is InChI=1S/C17H27N3O2/c1-5-18-16(20-10-9-17(2,3)12-20)19-11-13-7-6-8-14(22-4)15(13)21/h6-8,21H,5,9-12H2,1-4H3,(H,18,19). The molecule has 2 N–H and O–H groups in total. The van der Waals surface area contributed by atoms with E-state index in [2.05, 4.69) is 36.0 Å². The van der Waals surface area contributed by atoms with E-state index in [1.165, 1.54) is 6.42 Å². The Kier molecular flexibility index (Phi) is 5.16. The molecule has 0 aliphatic carbocycles. The van der Waals surface area contributed by atoms with Crippen molar-refractivity contribution in [2.75, 3.05) is 26.7 Å². The molecule has 1 fully saturated rings. The maximum absolute atomic E-state index is 10.2. The van der Waals surface area contributed by atoms with E-state index in [1.54, 1.807) is 13.2 Å². The molecule has 1 aromatic carbocycles. The van der Waals surface area contributed by atoms with Gasteiger partial charge in [-0.25, -0.2) is 4.99 Å². The fourth-order valence-corrected chi connectivity index (χ4v) is 2.74. The second-order valence-corrected chi connectivity index (χ2v) is 6.47. The number of phenols is 1. The quantitative estimate of drug-likeness (QED) is 0.663. The Bertz CT molecular complexity index is 541. The first-order chi connectivity index (χ1) is 10.5. The molecule has 1 aromatic rings. The first-order valence-electron chi connectivity index (χ1n) is 7.85. The van der Waals surface area contributed by atoms with Crippen molar-refractivity contribution in [3.8, 4) is 11.5 Å². The van der Waals surface area contributed by atoms with E-state index in [4.69, 9.17) is 4.74 Å². The molecule has 122 valence electrons. The number of phenolic OH excluding ortho intramolecular Hbond substituents is 1. The summed E-state index contributed by atoms with van der Waals surface area (Å²) in [7, 11) is 1.55. The van der Waals surface area contributed by atoms with Gasteiger partial charge >= 0.3 is 0 Å². The molecule has 0 saturated carbocycles. The highest BCUT2D eigenvalue weighted by molar-refractivity contribution is 5.80. The lowest BCUT2D eigenvalue weighted by Gasteiger charge is -2.23. The number of aliphatic imine (C=N–C) groups is 1. The van der Waals surface area contributed by atoms with Crippen molar-refractivity contribution in [2.24, 2.45) is 10.4 Å². The van der Waals surface area contributed by atoms with E-state index in [0.717, 1.165) is 31.2 Å². The van der Waals surface area contributed by atoms with Crippen molar-refractivity contribution in [1.29, 1.82) is 0 Å². The molecule has 0 radical (unpaired) electrons. The van der Waals surface area contributed by atoms with Crippen LogP contribution in [0.25, 0.3) is 0 Å². The maximum atomic E-state index is 10.2. The molecule has 0 unspecified atom stereocenters. The van der Waals surface area contributed by atoms with Crippen LogP contribution in [-0.2, 0) is 6.54 Å². The molecule has 5 nitrogen and oxygen atoms in total. The van der Waals surface area contributed by atoms with Gasteiger partial charge in [0.05, 0.1) is 13.7 Å². The minimum atomic E-state index is 0.173. The highest BCUT2D eigenvalue weighted by atomic mass is 16.5. The monoisotopic (exact) mass is 305 g/mol. The van der Waals surface area contributed by atoms with Crippen LogP contribution in [0.15, 0.2) is 23.2 Å². The Morgan fingerprint density at radius 2 is 2.23 bits per heavy atom. The summed E-state index contributed by atoms with van der Waals surface area (Å²) in [4.78, 5) is 6.98. The van der Waals surface area contributed by atoms with Gasteiger partial charge in [0, 0.05) is 25.2 Å². The van der Waals surface area contributed by atoms with Gasteiger partial charge in [-0.3, -0.25) is 0 Å². The minimum Gasteiger partial charge on any atom is -0.504 e. The summed E-state index contributed by atoms with van der Waals surface area (Å²) >= 11 is 0. The van der Waals surface area contributed by atoms with Gasteiger partial charge in [-0.05, 0) is 24.8 Å². The van der Waals surface area contributed by atoms with E-state index < -0.39 is 0 Å². The second-order valence-electron chi connectivity index (χ2n) is 6.47. The molecule has 0 spiro atoms. The zero-order valence-corrected chi connectivity index (χ0v) is 14.0. The Hall–Kier alpha value is -1.91. The third-order valence-electron chi connectivity index (χ3n) is 4.01.